The zero-order valence-corrected chi connectivity index (χ0v) is 7.64. The van der Waals surface area contributed by atoms with E-state index in [1.807, 2.05) is 0 Å². The molecule has 0 aromatic heterocycles. The van der Waals surface area contributed by atoms with E-state index >= 15 is 0 Å². The summed E-state index contributed by atoms with van der Waals surface area (Å²) in [7, 11) is -9.28. The van der Waals surface area contributed by atoms with Gasteiger partial charge in [-0.3, -0.25) is 0 Å². The van der Waals surface area contributed by atoms with E-state index in [0.29, 0.717) is 0 Å². The van der Waals surface area contributed by atoms with E-state index in [-0.39, 0.29) is 35.9 Å². The summed E-state index contributed by atoms with van der Waals surface area (Å²) in [5.74, 6) is 0. The average molecular weight is 260 g/mol. The summed E-state index contributed by atoms with van der Waals surface area (Å²) in [5, 5.41) is 0. The molecule has 0 aliphatic heterocycles. The predicted octanol–water partition coefficient (Wildman–Crippen LogP) is -2.51. The van der Waals surface area contributed by atoms with Gasteiger partial charge in [-0.05, 0) is 0 Å². The summed E-state index contributed by atoms with van der Waals surface area (Å²) in [5.41, 5.74) is 0. The van der Waals surface area contributed by atoms with Crippen molar-refractivity contribution in [2.24, 2.45) is 0 Å². The molecule has 6 N–H and O–H groups in total. The molecule has 12 heteroatoms. The van der Waals surface area contributed by atoms with Crippen molar-refractivity contribution in [3.05, 3.63) is 0 Å². The second-order valence-electron chi connectivity index (χ2n) is 1.03. The molecular weight excluding hydrogens is 253 g/mol. The van der Waals surface area contributed by atoms with Gasteiger partial charge in [0.25, 0.3) is 0 Å². The minimum atomic E-state index is -4.64. The van der Waals surface area contributed by atoms with E-state index in [1.54, 1.807) is 0 Å². The fraction of sp³-hybridized carbons (Fsp3) is 0. The standard InChI is InChI=1S/Fe.Li.2H3O4P.H/c;;2*1-5(2,3)4;/h;;2*(H3,1,2,3,4);. The van der Waals surface area contributed by atoms with Crippen LogP contribution in [0.5, 0.6) is 0 Å². The summed E-state index contributed by atoms with van der Waals surface area (Å²) >= 11 is 0. The molecule has 0 aromatic carbocycles. The third kappa shape index (κ3) is 678. The van der Waals surface area contributed by atoms with Gasteiger partial charge in [0.05, 0.1) is 0 Å². The molecule has 0 atom stereocenters. The van der Waals surface area contributed by atoms with Crippen LogP contribution >= 0.6 is 15.6 Å². The van der Waals surface area contributed by atoms with Crippen LogP contribution < -0.4 is 0 Å². The molecule has 0 rings (SSSR count). The van der Waals surface area contributed by atoms with Crippen molar-refractivity contribution in [2.75, 3.05) is 0 Å². The van der Waals surface area contributed by atoms with Crippen LogP contribution in [0.1, 0.15) is 0 Å². The van der Waals surface area contributed by atoms with Gasteiger partial charge in [-0.2, -0.15) is 0 Å². The van der Waals surface area contributed by atoms with Gasteiger partial charge in [0.1, 0.15) is 0 Å². The third-order valence-corrected chi connectivity index (χ3v) is 0. The van der Waals surface area contributed by atoms with Crippen LogP contribution in [0.15, 0.2) is 0 Å². The van der Waals surface area contributed by atoms with Crippen LogP contribution in [-0.4, -0.2) is 48.2 Å². The Morgan fingerprint density at radius 3 is 0.667 bits per heavy atom. The third-order valence-electron chi connectivity index (χ3n) is 0. The van der Waals surface area contributed by atoms with E-state index in [2.05, 4.69) is 0 Å². The van der Waals surface area contributed by atoms with Crippen LogP contribution in [0.25, 0.3) is 0 Å². The maximum absolute atomic E-state index is 8.88. The van der Waals surface area contributed by atoms with Crippen LogP contribution in [0.2, 0.25) is 0 Å². The fourth-order valence-electron chi connectivity index (χ4n) is 0. The average Bonchev–Trinajstić information content (AvgIpc) is 1.12. The maximum atomic E-state index is 8.88. The monoisotopic (exact) mass is 260 g/mol. The molecule has 8 nitrogen and oxygen atoms in total. The zero-order chi connectivity index (χ0) is 9.00. The Morgan fingerprint density at radius 1 is 0.667 bits per heavy atom. The molecular formula is H7FeLiO8P2. The van der Waals surface area contributed by atoms with E-state index in [1.165, 1.54) is 0 Å². The van der Waals surface area contributed by atoms with Crippen molar-refractivity contribution in [2.45, 2.75) is 0 Å². The van der Waals surface area contributed by atoms with E-state index < -0.39 is 15.6 Å². The Kier molecular flexibility index (Phi) is 17.3. The van der Waals surface area contributed by atoms with E-state index in [9.17, 15) is 0 Å². The van der Waals surface area contributed by atoms with Crippen molar-refractivity contribution in [3.63, 3.8) is 0 Å². The van der Waals surface area contributed by atoms with E-state index in [4.69, 9.17) is 38.5 Å². The molecule has 0 bridgehead atoms. The molecule has 0 amide bonds. The first kappa shape index (κ1) is 23.3. The number of hydrogen-bond acceptors (Lipinski definition) is 2. The van der Waals surface area contributed by atoms with Crippen LogP contribution in [0, 0.1) is 0 Å². The van der Waals surface area contributed by atoms with Gasteiger partial charge in [-0.15, -0.1) is 0 Å². The summed E-state index contributed by atoms with van der Waals surface area (Å²) in [4.78, 5) is 43.1. The molecule has 0 spiro atoms. The van der Waals surface area contributed by atoms with Crippen LogP contribution in [0.3, 0.4) is 0 Å². The Bertz CT molecular complexity index is 129. The van der Waals surface area contributed by atoms with Crippen molar-refractivity contribution < 1.29 is 55.6 Å². The molecule has 0 saturated heterocycles. The molecule has 0 aliphatic rings. The van der Waals surface area contributed by atoms with Gasteiger partial charge >= 0.3 is 34.5 Å². The molecule has 0 aromatic rings. The Hall–Kier alpha value is 1.34. The van der Waals surface area contributed by atoms with Crippen molar-refractivity contribution in [1.82, 2.24) is 0 Å². The van der Waals surface area contributed by atoms with E-state index in [0.717, 1.165) is 0 Å². The number of rotatable bonds is 0. The summed E-state index contributed by atoms with van der Waals surface area (Å²) in [6, 6.07) is 0. The number of hydrogen-bond donors (Lipinski definition) is 6. The zero-order valence-electron chi connectivity index (χ0n) is 4.75. The van der Waals surface area contributed by atoms with Gasteiger partial charge in [0.15, 0.2) is 0 Å². The first-order valence-corrected chi connectivity index (χ1v) is 4.70. The second kappa shape index (κ2) is 8.91. The fourth-order valence-corrected chi connectivity index (χ4v) is 0. The van der Waals surface area contributed by atoms with Gasteiger partial charge in [0.2, 0.25) is 0 Å². The van der Waals surface area contributed by atoms with Crippen molar-refractivity contribution in [1.29, 1.82) is 0 Å². The second-order valence-corrected chi connectivity index (χ2v) is 3.08. The Morgan fingerprint density at radius 2 is 0.667 bits per heavy atom. The summed E-state index contributed by atoms with van der Waals surface area (Å²) in [6.07, 6.45) is 0. The molecule has 0 radical (unpaired) electrons. The molecule has 0 aliphatic carbocycles. The van der Waals surface area contributed by atoms with Crippen molar-refractivity contribution in [3.8, 4) is 0 Å². The molecule has 0 fully saturated rings. The normalized spacial score (nSPS) is 9.83. The molecule has 12 heavy (non-hydrogen) atoms. The Labute approximate surface area is 90.1 Å². The SMILES string of the molecule is O=P(O)(O)O.O=P(O)(O)O.[Fe].[LiH]. The predicted molar refractivity (Wildman–Crippen MR) is 35.7 cm³/mol. The van der Waals surface area contributed by atoms with Gasteiger partial charge in [0, 0.05) is 17.1 Å². The quantitative estimate of drug-likeness (QED) is 0.206. The Balaban J connectivity index is -0.0000000457. The van der Waals surface area contributed by atoms with Crippen molar-refractivity contribution >= 4 is 34.5 Å². The number of phosphoric acid groups is 2. The van der Waals surface area contributed by atoms with Crippen LogP contribution in [0.4, 0.5) is 0 Å². The van der Waals surface area contributed by atoms with Gasteiger partial charge in [-0.25, -0.2) is 9.13 Å². The summed E-state index contributed by atoms with van der Waals surface area (Å²) in [6.45, 7) is 0. The molecule has 74 valence electrons. The topological polar surface area (TPSA) is 156 Å². The molecule has 0 heterocycles. The van der Waals surface area contributed by atoms with Gasteiger partial charge < -0.3 is 29.4 Å². The molecule has 0 saturated carbocycles. The molecule has 0 unspecified atom stereocenters. The first-order chi connectivity index (χ1) is 4.00. The first-order valence-electron chi connectivity index (χ1n) is 1.57. The van der Waals surface area contributed by atoms with Gasteiger partial charge in [-0.1, -0.05) is 0 Å². The van der Waals surface area contributed by atoms with Crippen LogP contribution in [-0.2, 0) is 26.2 Å². The minimum absolute atomic E-state index is 0. The summed E-state index contributed by atoms with van der Waals surface area (Å²) < 4.78 is 17.8.